The first-order chi connectivity index (χ1) is 9.99. The van der Waals surface area contributed by atoms with Crippen LogP contribution in [-0.2, 0) is 14.4 Å². The van der Waals surface area contributed by atoms with E-state index in [4.69, 9.17) is 0 Å². The molecule has 21 heavy (non-hydrogen) atoms. The van der Waals surface area contributed by atoms with Crippen LogP contribution in [0.3, 0.4) is 0 Å². The van der Waals surface area contributed by atoms with Crippen LogP contribution in [0.1, 0.15) is 39.5 Å². The van der Waals surface area contributed by atoms with E-state index in [1.54, 1.807) is 0 Å². The normalized spacial score (nSPS) is 20.0. The van der Waals surface area contributed by atoms with Gasteiger partial charge in [0.25, 0.3) is 0 Å². The molecule has 1 N–H and O–H groups in total. The predicted octanol–water partition coefficient (Wildman–Crippen LogP) is 0.372. The van der Waals surface area contributed by atoms with Crippen LogP contribution in [0.5, 0.6) is 0 Å². The summed E-state index contributed by atoms with van der Waals surface area (Å²) in [4.78, 5) is 39.4. The number of amides is 3. The Morgan fingerprint density at radius 2 is 1.48 bits per heavy atom. The third-order valence-corrected chi connectivity index (χ3v) is 4.20. The Bertz CT molecular complexity index is 408. The minimum atomic E-state index is -0.555. The van der Waals surface area contributed by atoms with Crippen LogP contribution in [0.4, 0.5) is 0 Å². The Labute approximate surface area is 125 Å². The highest BCUT2D eigenvalue weighted by atomic mass is 16.2. The largest absolute Gasteiger partial charge is 0.346 e. The number of hydrogen-bond acceptors (Lipinski definition) is 3. The van der Waals surface area contributed by atoms with E-state index in [2.05, 4.69) is 5.32 Å². The van der Waals surface area contributed by atoms with Gasteiger partial charge in [-0.1, -0.05) is 12.8 Å². The van der Waals surface area contributed by atoms with E-state index >= 15 is 0 Å². The van der Waals surface area contributed by atoms with Crippen LogP contribution in [0, 0.1) is 5.92 Å². The molecule has 1 aliphatic carbocycles. The molecule has 0 radical (unpaired) electrons. The number of rotatable bonds is 2. The summed E-state index contributed by atoms with van der Waals surface area (Å²) in [6.45, 7) is 5.62. The average molecular weight is 295 g/mol. The van der Waals surface area contributed by atoms with Crippen LogP contribution in [-0.4, -0.2) is 59.7 Å². The number of piperazine rings is 1. The van der Waals surface area contributed by atoms with E-state index in [0.717, 1.165) is 25.7 Å². The molecule has 2 rings (SSSR count). The van der Waals surface area contributed by atoms with E-state index in [0.29, 0.717) is 26.2 Å². The number of carbonyl (C=O) groups is 3. The quantitative estimate of drug-likeness (QED) is 0.748. The Kier molecular flexibility index (Phi) is 5.20. The lowest BCUT2D eigenvalue weighted by Gasteiger charge is -2.35. The highest BCUT2D eigenvalue weighted by Crippen LogP contribution is 2.26. The monoisotopic (exact) mass is 295 g/mol. The van der Waals surface area contributed by atoms with Crippen molar-refractivity contribution >= 4 is 17.7 Å². The molecular formula is C15H25N3O3. The molecule has 0 aromatic rings. The van der Waals surface area contributed by atoms with Crippen molar-refractivity contribution in [3.05, 3.63) is 0 Å². The van der Waals surface area contributed by atoms with Gasteiger partial charge in [0, 0.05) is 38.1 Å². The van der Waals surface area contributed by atoms with Gasteiger partial charge in [-0.2, -0.15) is 0 Å². The summed E-state index contributed by atoms with van der Waals surface area (Å²) in [5, 5.41) is 2.61. The maximum absolute atomic E-state index is 12.3. The SMILES string of the molecule is CC(C)NC(=O)C(=O)N1CCN(C(=O)C2CCCC2)CC1. The third kappa shape index (κ3) is 3.95. The summed E-state index contributed by atoms with van der Waals surface area (Å²) in [6, 6.07) is -0.0494. The fourth-order valence-electron chi connectivity index (χ4n) is 3.03. The van der Waals surface area contributed by atoms with E-state index in [9.17, 15) is 14.4 Å². The highest BCUT2D eigenvalue weighted by molar-refractivity contribution is 6.35. The molecule has 3 amide bonds. The maximum Gasteiger partial charge on any atom is 0.312 e. The van der Waals surface area contributed by atoms with E-state index in [1.807, 2.05) is 18.7 Å². The fourth-order valence-corrected chi connectivity index (χ4v) is 3.03. The van der Waals surface area contributed by atoms with Crippen LogP contribution in [0.25, 0.3) is 0 Å². The van der Waals surface area contributed by atoms with Crippen molar-refractivity contribution < 1.29 is 14.4 Å². The molecule has 2 aliphatic rings. The second-order valence-corrected chi connectivity index (χ2v) is 6.23. The van der Waals surface area contributed by atoms with Crippen LogP contribution >= 0.6 is 0 Å². The molecule has 0 bridgehead atoms. The lowest BCUT2D eigenvalue weighted by Crippen LogP contribution is -2.55. The molecule has 0 aromatic heterocycles. The first kappa shape index (κ1) is 15.8. The van der Waals surface area contributed by atoms with Crippen molar-refractivity contribution in [2.24, 2.45) is 5.92 Å². The van der Waals surface area contributed by atoms with Gasteiger partial charge in [-0.15, -0.1) is 0 Å². The number of nitrogens with zero attached hydrogens (tertiary/aromatic N) is 2. The molecule has 2 fully saturated rings. The van der Waals surface area contributed by atoms with Gasteiger partial charge in [0.1, 0.15) is 0 Å². The molecule has 1 heterocycles. The first-order valence-corrected chi connectivity index (χ1v) is 7.87. The molecule has 1 saturated heterocycles. The molecule has 118 valence electrons. The number of hydrogen-bond donors (Lipinski definition) is 1. The molecule has 0 atom stereocenters. The second kappa shape index (κ2) is 6.91. The summed E-state index contributed by atoms with van der Waals surface area (Å²) in [5.41, 5.74) is 0. The summed E-state index contributed by atoms with van der Waals surface area (Å²) in [7, 11) is 0. The minimum absolute atomic E-state index is 0.0494. The molecule has 6 nitrogen and oxygen atoms in total. The van der Waals surface area contributed by atoms with E-state index in [1.165, 1.54) is 4.90 Å². The van der Waals surface area contributed by atoms with Gasteiger partial charge >= 0.3 is 11.8 Å². The van der Waals surface area contributed by atoms with E-state index in [-0.39, 0.29) is 17.9 Å². The zero-order chi connectivity index (χ0) is 15.4. The van der Waals surface area contributed by atoms with Gasteiger partial charge in [0.2, 0.25) is 5.91 Å². The van der Waals surface area contributed by atoms with Crippen LogP contribution in [0.2, 0.25) is 0 Å². The Hall–Kier alpha value is -1.59. The molecule has 0 spiro atoms. The smallest absolute Gasteiger partial charge is 0.312 e. The average Bonchev–Trinajstić information content (AvgIpc) is 2.99. The van der Waals surface area contributed by atoms with Gasteiger partial charge in [-0.3, -0.25) is 14.4 Å². The topological polar surface area (TPSA) is 69.7 Å². The van der Waals surface area contributed by atoms with Crippen LogP contribution in [0.15, 0.2) is 0 Å². The Morgan fingerprint density at radius 3 is 2.00 bits per heavy atom. The number of nitrogens with one attached hydrogen (secondary N) is 1. The second-order valence-electron chi connectivity index (χ2n) is 6.23. The van der Waals surface area contributed by atoms with Gasteiger partial charge < -0.3 is 15.1 Å². The molecule has 6 heteroatoms. The Morgan fingerprint density at radius 1 is 0.952 bits per heavy atom. The first-order valence-electron chi connectivity index (χ1n) is 7.87. The minimum Gasteiger partial charge on any atom is -0.346 e. The van der Waals surface area contributed by atoms with Gasteiger partial charge in [-0.05, 0) is 26.7 Å². The summed E-state index contributed by atoms with van der Waals surface area (Å²) in [5.74, 6) is -0.639. The van der Waals surface area contributed by atoms with Crippen molar-refractivity contribution in [3.63, 3.8) is 0 Å². The van der Waals surface area contributed by atoms with Gasteiger partial charge in [0.05, 0.1) is 0 Å². The standard InChI is InChI=1S/C15H25N3O3/c1-11(2)16-13(19)15(21)18-9-7-17(8-10-18)14(20)12-5-3-4-6-12/h11-12H,3-10H2,1-2H3,(H,16,19). The summed E-state index contributed by atoms with van der Waals surface area (Å²) >= 11 is 0. The highest BCUT2D eigenvalue weighted by Gasteiger charge is 2.31. The molecule has 1 saturated carbocycles. The lowest BCUT2D eigenvalue weighted by molar-refractivity contribution is -0.149. The van der Waals surface area contributed by atoms with Gasteiger partial charge in [-0.25, -0.2) is 0 Å². The molecule has 1 aliphatic heterocycles. The van der Waals surface area contributed by atoms with Crippen LogP contribution < -0.4 is 5.32 Å². The van der Waals surface area contributed by atoms with Crippen molar-refractivity contribution in [1.29, 1.82) is 0 Å². The molecule has 0 aromatic carbocycles. The zero-order valence-electron chi connectivity index (χ0n) is 12.9. The van der Waals surface area contributed by atoms with Crippen molar-refractivity contribution in [3.8, 4) is 0 Å². The summed E-state index contributed by atoms with van der Waals surface area (Å²) in [6.07, 6.45) is 4.28. The maximum atomic E-state index is 12.3. The summed E-state index contributed by atoms with van der Waals surface area (Å²) < 4.78 is 0. The van der Waals surface area contributed by atoms with Crippen molar-refractivity contribution in [2.45, 2.75) is 45.6 Å². The van der Waals surface area contributed by atoms with E-state index < -0.39 is 11.8 Å². The third-order valence-electron chi connectivity index (χ3n) is 4.20. The number of carbonyl (C=O) groups excluding carboxylic acids is 3. The zero-order valence-corrected chi connectivity index (χ0v) is 12.9. The van der Waals surface area contributed by atoms with Crippen molar-refractivity contribution in [2.75, 3.05) is 26.2 Å². The predicted molar refractivity (Wildman–Crippen MR) is 78.4 cm³/mol. The molecular weight excluding hydrogens is 270 g/mol. The Balaban J connectivity index is 1.81. The van der Waals surface area contributed by atoms with Gasteiger partial charge in [0.15, 0.2) is 0 Å². The fraction of sp³-hybridized carbons (Fsp3) is 0.800. The lowest BCUT2D eigenvalue weighted by atomic mass is 10.1. The van der Waals surface area contributed by atoms with Crippen molar-refractivity contribution in [1.82, 2.24) is 15.1 Å². The molecule has 0 unspecified atom stereocenters.